The summed E-state index contributed by atoms with van der Waals surface area (Å²) in [6.07, 6.45) is 2.44. The zero-order chi connectivity index (χ0) is 38.7. The molecule has 0 radical (unpaired) electrons. The smallest absolute Gasteiger partial charge is 0.329 e. The molecule has 2 heterocycles. The van der Waals surface area contributed by atoms with Crippen molar-refractivity contribution in [1.29, 1.82) is 0 Å². The Morgan fingerprint density at radius 1 is 0.981 bits per heavy atom. The van der Waals surface area contributed by atoms with E-state index in [0.29, 0.717) is 67.6 Å². The maximum atomic E-state index is 13.9. The number of methoxy groups -OCH3 is 2. The van der Waals surface area contributed by atoms with Crippen LogP contribution in [0.15, 0.2) is 54.6 Å². The summed E-state index contributed by atoms with van der Waals surface area (Å²) in [5.74, 6) is -2.89. The molecule has 14 nitrogen and oxygen atoms in total. The van der Waals surface area contributed by atoms with Gasteiger partial charge < -0.3 is 44.3 Å². The van der Waals surface area contributed by atoms with Crippen LogP contribution in [0.3, 0.4) is 0 Å². The van der Waals surface area contributed by atoms with Crippen LogP contribution < -0.4 is 19.6 Å². The Morgan fingerprint density at radius 2 is 1.70 bits per heavy atom. The molecule has 1 fully saturated rings. The molecule has 3 unspecified atom stereocenters. The number of aryl methyl sites for hydroxylation is 1. The molecule has 0 spiro atoms. The first-order valence-electron chi connectivity index (χ1n) is 17.7. The Labute approximate surface area is 308 Å². The maximum Gasteiger partial charge on any atom is 0.329 e. The molecule has 3 aromatic rings. The number of ether oxygens (including phenoxy) is 3. The number of carbonyl (C=O) groups excluding carboxylic acids is 5. The SMILES string of the molecule is CCC(C)(C)C(=O)C(=O)N1CCCCC1C(=O)OC(CCc1ccc(OC)c(OC)c1)c1cccc(NC(=O)CC(C=O)COn2c(O)ccc2O)c1. The zero-order valence-electron chi connectivity index (χ0n) is 30.8. The molecule has 1 saturated heterocycles. The lowest BCUT2D eigenvalue weighted by molar-refractivity contribution is -0.164. The van der Waals surface area contributed by atoms with E-state index in [2.05, 4.69) is 5.32 Å². The van der Waals surface area contributed by atoms with Crippen molar-refractivity contribution < 1.29 is 53.2 Å². The highest BCUT2D eigenvalue weighted by Gasteiger charge is 2.41. The molecule has 1 aliphatic heterocycles. The number of Topliss-reactive ketones (excluding diaryl/α,β-unsaturated/α-hetero) is 1. The molecule has 4 rings (SSSR count). The molecule has 0 saturated carbocycles. The van der Waals surface area contributed by atoms with Crippen LogP contribution in [-0.2, 0) is 35.1 Å². The fourth-order valence-corrected chi connectivity index (χ4v) is 5.96. The van der Waals surface area contributed by atoms with Gasteiger partial charge in [0.05, 0.1) is 20.1 Å². The van der Waals surface area contributed by atoms with Crippen molar-refractivity contribution in [2.75, 3.05) is 32.7 Å². The number of rotatable bonds is 18. The standard InChI is InChI=1S/C39H49N3O11/c1-6-39(2,3)36(47)37(48)41-19-8-7-12-29(41)38(49)53-30(15-13-25-14-16-31(50-4)32(20-25)51-5)27-10-9-11-28(22-27)40-33(44)21-26(23-43)24-52-42-34(45)17-18-35(42)46/h9-11,14,16-18,20,22-23,26,29-30,45-46H,6-8,12-13,15,19,21,24H2,1-5H3,(H,40,44). The lowest BCUT2D eigenvalue weighted by atomic mass is 9.84. The van der Waals surface area contributed by atoms with Crippen molar-refractivity contribution in [1.82, 2.24) is 9.63 Å². The van der Waals surface area contributed by atoms with E-state index < -0.39 is 47.0 Å². The van der Waals surface area contributed by atoms with Gasteiger partial charge >= 0.3 is 5.97 Å². The number of aromatic hydroxyl groups is 2. The van der Waals surface area contributed by atoms with Crippen LogP contribution in [0.25, 0.3) is 0 Å². The minimum atomic E-state index is -0.933. The predicted octanol–water partition coefficient (Wildman–Crippen LogP) is 4.79. The fourth-order valence-electron chi connectivity index (χ4n) is 5.96. The number of hydrogen-bond donors (Lipinski definition) is 3. The van der Waals surface area contributed by atoms with Crippen molar-refractivity contribution in [3.63, 3.8) is 0 Å². The number of nitrogens with zero attached hydrogens (tertiary/aromatic N) is 2. The first-order chi connectivity index (χ1) is 25.3. The van der Waals surface area contributed by atoms with Crippen LogP contribution in [-0.4, -0.2) is 83.1 Å². The first kappa shape index (κ1) is 40.2. The van der Waals surface area contributed by atoms with E-state index in [1.165, 1.54) is 24.1 Å². The number of anilines is 1. The molecule has 3 atom stereocenters. The Morgan fingerprint density at radius 3 is 2.36 bits per heavy atom. The Bertz CT molecular complexity index is 1750. The van der Waals surface area contributed by atoms with Gasteiger partial charge in [-0.2, -0.15) is 0 Å². The van der Waals surface area contributed by atoms with Crippen molar-refractivity contribution in [2.24, 2.45) is 11.3 Å². The number of hydrogen-bond acceptors (Lipinski definition) is 11. The molecular formula is C39H49N3O11. The number of ketones is 1. The lowest BCUT2D eigenvalue weighted by Crippen LogP contribution is -2.53. The molecule has 1 aliphatic rings. The second-order valence-electron chi connectivity index (χ2n) is 13.6. The highest BCUT2D eigenvalue weighted by atomic mass is 16.7. The summed E-state index contributed by atoms with van der Waals surface area (Å²) in [6.45, 7) is 5.25. The number of nitrogens with one attached hydrogen (secondary N) is 1. The number of aldehydes is 1. The number of amides is 2. The monoisotopic (exact) mass is 735 g/mol. The number of esters is 1. The average molecular weight is 736 g/mol. The Hall–Kier alpha value is -5.53. The molecule has 2 aromatic carbocycles. The van der Waals surface area contributed by atoms with Crippen molar-refractivity contribution >= 4 is 35.5 Å². The molecular weight excluding hydrogens is 686 g/mol. The highest BCUT2D eigenvalue weighted by molar-refractivity contribution is 6.38. The van der Waals surface area contributed by atoms with Crippen LogP contribution in [0.5, 0.6) is 23.3 Å². The predicted molar refractivity (Wildman–Crippen MR) is 194 cm³/mol. The first-order valence-corrected chi connectivity index (χ1v) is 17.7. The summed E-state index contributed by atoms with van der Waals surface area (Å²) >= 11 is 0. The Kier molecular flexibility index (Phi) is 13.9. The minimum Gasteiger partial charge on any atom is -0.493 e. The lowest BCUT2D eigenvalue weighted by Gasteiger charge is -2.36. The van der Waals surface area contributed by atoms with Crippen molar-refractivity contribution in [2.45, 2.75) is 77.9 Å². The van der Waals surface area contributed by atoms with E-state index >= 15 is 0 Å². The zero-order valence-corrected chi connectivity index (χ0v) is 30.8. The summed E-state index contributed by atoms with van der Waals surface area (Å²) in [4.78, 5) is 71.9. The number of benzene rings is 2. The van der Waals surface area contributed by atoms with Crippen LogP contribution in [0.4, 0.5) is 5.69 Å². The van der Waals surface area contributed by atoms with Crippen LogP contribution >= 0.6 is 0 Å². The third-order valence-electron chi connectivity index (χ3n) is 9.53. The third kappa shape index (κ3) is 10.3. The van der Waals surface area contributed by atoms with E-state index in [0.717, 1.165) is 10.3 Å². The highest BCUT2D eigenvalue weighted by Crippen LogP contribution is 2.32. The molecule has 286 valence electrons. The van der Waals surface area contributed by atoms with Gasteiger partial charge in [0, 0.05) is 36.2 Å². The molecule has 53 heavy (non-hydrogen) atoms. The van der Waals surface area contributed by atoms with Gasteiger partial charge in [0.1, 0.15) is 25.0 Å². The summed E-state index contributed by atoms with van der Waals surface area (Å²) in [7, 11) is 3.08. The number of carbonyl (C=O) groups is 5. The minimum absolute atomic E-state index is 0.257. The number of piperidine rings is 1. The Balaban J connectivity index is 1.54. The summed E-state index contributed by atoms with van der Waals surface area (Å²) < 4.78 is 17.7. The molecule has 1 aromatic heterocycles. The average Bonchev–Trinajstić information content (AvgIpc) is 3.49. The van der Waals surface area contributed by atoms with Crippen molar-refractivity contribution in [3.8, 4) is 23.3 Å². The van der Waals surface area contributed by atoms with Gasteiger partial charge in [-0.1, -0.05) is 39.0 Å². The van der Waals surface area contributed by atoms with Crippen LogP contribution in [0.2, 0.25) is 0 Å². The maximum absolute atomic E-state index is 13.9. The molecule has 0 bridgehead atoms. The van der Waals surface area contributed by atoms with E-state index in [4.69, 9.17) is 19.0 Å². The number of aromatic nitrogens is 1. The van der Waals surface area contributed by atoms with Crippen LogP contribution in [0.1, 0.15) is 76.5 Å². The van der Waals surface area contributed by atoms with E-state index in [9.17, 15) is 34.2 Å². The molecule has 2 amide bonds. The second-order valence-corrected chi connectivity index (χ2v) is 13.6. The summed E-state index contributed by atoms with van der Waals surface area (Å²) in [6, 6.07) is 13.8. The van der Waals surface area contributed by atoms with E-state index in [1.54, 1.807) is 51.3 Å². The fraction of sp³-hybridized carbons (Fsp3) is 0.462. The van der Waals surface area contributed by atoms with Gasteiger partial charge in [0.25, 0.3) is 5.91 Å². The van der Waals surface area contributed by atoms with Crippen molar-refractivity contribution in [3.05, 3.63) is 65.7 Å². The quantitative estimate of drug-likeness (QED) is 0.0928. The molecule has 3 N–H and O–H groups in total. The third-order valence-corrected chi connectivity index (χ3v) is 9.53. The molecule has 14 heteroatoms. The van der Waals surface area contributed by atoms with Gasteiger partial charge in [0.15, 0.2) is 11.5 Å². The summed E-state index contributed by atoms with van der Waals surface area (Å²) in [5, 5.41) is 22.3. The van der Waals surface area contributed by atoms with E-state index in [1.807, 2.05) is 19.1 Å². The van der Waals surface area contributed by atoms with Crippen LogP contribution in [0, 0.1) is 11.3 Å². The second kappa shape index (κ2) is 18.3. The van der Waals surface area contributed by atoms with Gasteiger partial charge in [0.2, 0.25) is 23.5 Å². The van der Waals surface area contributed by atoms with Gasteiger partial charge in [-0.3, -0.25) is 14.4 Å². The van der Waals surface area contributed by atoms with Gasteiger partial charge in [-0.25, -0.2) is 4.79 Å². The molecule has 0 aliphatic carbocycles. The van der Waals surface area contributed by atoms with Gasteiger partial charge in [-0.15, -0.1) is 4.73 Å². The van der Waals surface area contributed by atoms with Gasteiger partial charge in [-0.05, 0) is 73.9 Å². The largest absolute Gasteiger partial charge is 0.493 e. The summed E-state index contributed by atoms with van der Waals surface area (Å²) in [5.41, 5.74) is 0.970. The topological polar surface area (TPSA) is 183 Å². The normalized spacial score (nSPS) is 15.5. The van der Waals surface area contributed by atoms with E-state index in [-0.39, 0.29) is 31.3 Å². The number of likely N-dealkylation sites (tertiary alicyclic amines) is 1.